The number of amidine groups is 1. The zero-order chi connectivity index (χ0) is 10.6. The van der Waals surface area contributed by atoms with Crippen LogP contribution in [0.15, 0.2) is 24.3 Å². The summed E-state index contributed by atoms with van der Waals surface area (Å²) in [5, 5.41) is 9.14. The molecule has 0 aliphatic rings. The minimum atomic E-state index is -0.763. The van der Waals surface area contributed by atoms with Gasteiger partial charge in [-0.2, -0.15) is 0 Å². The van der Waals surface area contributed by atoms with Crippen LogP contribution in [-0.2, 0) is 4.74 Å². The number of anilines is 1. The van der Waals surface area contributed by atoms with Crippen molar-refractivity contribution in [1.29, 1.82) is 5.41 Å². The van der Waals surface area contributed by atoms with Crippen molar-refractivity contribution in [3.63, 3.8) is 0 Å². The molecule has 0 atom stereocenters. The number of rotatable bonds is 1. The van der Waals surface area contributed by atoms with E-state index in [0.29, 0.717) is 5.69 Å². The lowest BCUT2D eigenvalue weighted by Gasteiger charge is -2.04. The van der Waals surface area contributed by atoms with Gasteiger partial charge in [-0.15, -0.1) is 0 Å². The Labute approximate surface area is 81.4 Å². The molecule has 1 amide bonds. The molecule has 0 unspecified atom stereocenters. The molecule has 1 aromatic carbocycles. The van der Waals surface area contributed by atoms with E-state index in [1.807, 2.05) is 19.1 Å². The molecule has 0 heterocycles. The molecule has 5 nitrogen and oxygen atoms in total. The van der Waals surface area contributed by atoms with E-state index in [9.17, 15) is 4.79 Å². The van der Waals surface area contributed by atoms with Gasteiger partial charge in [0.05, 0.1) is 0 Å². The third-order valence-corrected chi connectivity index (χ3v) is 1.50. The minimum absolute atomic E-state index is 0.599. The molecule has 0 aliphatic carbocycles. The molecule has 0 bridgehead atoms. The SMILES string of the molecule is Cc1ccc(NC(=O)OC(=N)N)cc1. The van der Waals surface area contributed by atoms with E-state index in [4.69, 9.17) is 11.1 Å². The van der Waals surface area contributed by atoms with Crippen molar-refractivity contribution in [3.8, 4) is 0 Å². The Morgan fingerprint density at radius 3 is 2.50 bits per heavy atom. The molecule has 14 heavy (non-hydrogen) atoms. The maximum absolute atomic E-state index is 11.0. The number of carbonyl (C=O) groups is 1. The highest BCUT2D eigenvalue weighted by atomic mass is 16.6. The predicted octanol–water partition coefficient (Wildman–Crippen LogP) is 1.44. The van der Waals surface area contributed by atoms with Crippen LogP contribution in [0.4, 0.5) is 10.5 Å². The van der Waals surface area contributed by atoms with E-state index in [2.05, 4.69) is 10.1 Å². The van der Waals surface area contributed by atoms with Crippen LogP contribution in [-0.4, -0.2) is 12.1 Å². The smallest absolute Gasteiger partial charge is 0.376 e. The first-order valence-corrected chi connectivity index (χ1v) is 3.97. The number of carbonyl (C=O) groups excluding carboxylic acids is 1. The molecular formula is C9H11N3O2. The Morgan fingerprint density at radius 2 is 2.00 bits per heavy atom. The lowest BCUT2D eigenvalue weighted by atomic mass is 10.2. The average Bonchev–Trinajstić information content (AvgIpc) is 2.07. The van der Waals surface area contributed by atoms with Gasteiger partial charge in [0, 0.05) is 5.69 Å². The summed E-state index contributed by atoms with van der Waals surface area (Å²) in [5.41, 5.74) is 6.56. The third kappa shape index (κ3) is 3.14. The summed E-state index contributed by atoms with van der Waals surface area (Å²) >= 11 is 0. The van der Waals surface area contributed by atoms with Crippen molar-refractivity contribution >= 4 is 17.8 Å². The molecule has 0 radical (unpaired) electrons. The van der Waals surface area contributed by atoms with Crippen molar-refractivity contribution in [3.05, 3.63) is 29.8 Å². The van der Waals surface area contributed by atoms with Gasteiger partial charge in [-0.25, -0.2) is 4.79 Å². The summed E-state index contributed by atoms with van der Waals surface area (Å²) in [4.78, 5) is 11.0. The van der Waals surface area contributed by atoms with Gasteiger partial charge in [0.1, 0.15) is 0 Å². The largest absolute Gasteiger partial charge is 0.419 e. The highest BCUT2D eigenvalue weighted by molar-refractivity contribution is 5.92. The predicted molar refractivity (Wildman–Crippen MR) is 53.2 cm³/mol. The molecule has 0 saturated carbocycles. The summed E-state index contributed by atoms with van der Waals surface area (Å²) in [7, 11) is 0. The van der Waals surface area contributed by atoms with Crippen LogP contribution in [0, 0.1) is 12.3 Å². The molecule has 5 heteroatoms. The van der Waals surface area contributed by atoms with Crippen molar-refractivity contribution in [1.82, 2.24) is 0 Å². The first-order valence-electron chi connectivity index (χ1n) is 3.97. The van der Waals surface area contributed by atoms with Gasteiger partial charge < -0.3 is 10.5 Å². The Balaban J connectivity index is 2.56. The Bertz CT molecular complexity index is 346. The number of benzene rings is 1. The van der Waals surface area contributed by atoms with E-state index in [0.717, 1.165) is 5.56 Å². The Morgan fingerprint density at radius 1 is 1.43 bits per heavy atom. The second kappa shape index (κ2) is 4.27. The number of hydrogen-bond acceptors (Lipinski definition) is 3. The highest BCUT2D eigenvalue weighted by Gasteiger charge is 2.03. The Hall–Kier alpha value is -2.04. The van der Waals surface area contributed by atoms with Gasteiger partial charge in [0.2, 0.25) is 0 Å². The maximum atomic E-state index is 11.0. The fourth-order valence-electron chi connectivity index (χ4n) is 0.880. The minimum Gasteiger partial charge on any atom is -0.376 e. The molecule has 0 aromatic heterocycles. The first-order chi connectivity index (χ1) is 6.58. The van der Waals surface area contributed by atoms with Crippen LogP contribution in [0.25, 0.3) is 0 Å². The number of ether oxygens (including phenoxy) is 1. The maximum Gasteiger partial charge on any atom is 0.419 e. The van der Waals surface area contributed by atoms with E-state index >= 15 is 0 Å². The van der Waals surface area contributed by atoms with Crippen LogP contribution in [0.3, 0.4) is 0 Å². The van der Waals surface area contributed by atoms with Crippen molar-refractivity contribution in [2.75, 3.05) is 5.32 Å². The standard InChI is InChI=1S/C9H11N3O2/c1-6-2-4-7(5-3-6)12-9(13)14-8(10)11/h2-5H,1H3,(H3,10,11)(H,12,13). The van der Waals surface area contributed by atoms with Gasteiger partial charge in [0.15, 0.2) is 0 Å². The summed E-state index contributed by atoms with van der Waals surface area (Å²) < 4.78 is 4.30. The summed E-state index contributed by atoms with van der Waals surface area (Å²) in [6.07, 6.45) is -0.763. The topological polar surface area (TPSA) is 88.2 Å². The number of aryl methyl sites for hydroxylation is 1. The van der Waals surface area contributed by atoms with Gasteiger partial charge in [0.25, 0.3) is 6.02 Å². The summed E-state index contributed by atoms with van der Waals surface area (Å²) in [6, 6.07) is 6.54. The van der Waals surface area contributed by atoms with E-state index in [1.54, 1.807) is 12.1 Å². The van der Waals surface area contributed by atoms with Crippen LogP contribution < -0.4 is 11.1 Å². The van der Waals surface area contributed by atoms with Gasteiger partial charge >= 0.3 is 6.09 Å². The lowest BCUT2D eigenvalue weighted by molar-refractivity contribution is 0.211. The van der Waals surface area contributed by atoms with Crippen LogP contribution in [0.1, 0.15) is 5.56 Å². The molecule has 74 valence electrons. The number of nitrogens with two attached hydrogens (primary N) is 1. The van der Waals surface area contributed by atoms with E-state index in [-0.39, 0.29) is 0 Å². The number of hydrogen-bond donors (Lipinski definition) is 3. The molecule has 0 saturated heterocycles. The fraction of sp³-hybridized carbons (Fsp3) is 0.111. The molecule has 1 aromatic rings. The fourth-order valence-corrected chi connectivity index (χ4v) is 0.880. The van der Waals surface area contributed by atoms with Crippen LogP contribution >= 0.6 is 0 Å². The number of nitrogens with one attached hydrogen (secondary N) is 2. The summed E-state index contributed by atoms with van der Waals surface area (Å²) in [5.74, 6) is 0. The number of amides is 1. The van der Waals surface area contributed by atoms with E-state index in [1.165, 1.54) is 0 Å². The average molecular weight is 193 g/mol. The Kier molecular flexibility index (Phi) is 3.06. The first kappa shape index (κ1) is 10.0. The molecule has 0 fully saturated rings. The summed E-state index contributed by atoms with van der Waals surface area (Å²) in [6.45, 7) is 1.94. The molecule has 1 rings (SSSR count). The second-order valence-corrected chi connectivity index (χ2v) is 2.74. The third-order valence-electron chi connectivity index (χ3n) is 1.50. The van der Waals surface area contributed by atoms with Gasteiger partial charge in [-0.3, -0.25) is 10.7 Å². The van der Waals surface area contributed by atoms with E-state index < -0.39 is 12.1 Å². The molecular weight excluding hydrogens is 182 g/mol. The van der Waals surface area contributed by atoms with Crippen LogP contribution in [0.5, 0.6) is 0 Å². The zero-order valence-electron chi connectivity index (χ0n) is 7.70. The lowest BCUT2D eigenvalue weighted by Crippen LogP contribution is -2.23. The van der Waals surface area contributed by atoms with Crippen molar-refractivity contribution in [2.24, 2.45) is 5.73 Å². The van der Waals surface area contributed by atoms with Crippen LogP contribution in [0.2, 0.25) is 0 Å². The quantitative estimate of drug-likeness (QED) is 0.465. The monoisotopic (exact) mass is 193 g/mol. The normalized spacial score (nSPS) is 9.21. The molecule has 0 aliphatic heterocycles. The zero-order valence-corrected chi connectivity index (χ0v) is 7.70. The molecule has 0 spiro atoms. The van der Waals surface area contributed by atoms with Gasteiger partial charge in [-0.1, -0.05) is 17.7 Å². The van der Waals surface area contributed by atoms with Gasteiger partial charge in [-0.05, 0) is 19.1 Å². The highest BCUT2D eigenvalue weighted by Crippen LogP contribution is 2.08. The van der Waals surface area contributed by atoms with Crippen molar-refractivity contribution in [2.45, 2.75) is 6.92 Å². The van der Waals surface area contributed by atoms with Crippen molar-refractivity contribution < 1.29 is 9.53 Å². The molecule has 4 N–H and O–H groups in total. The second-order valence-electron chi connectivity index (χ2n) is 2.74.